The van der Waals surface area contributed by atoms with E-state index in [-0.39, 0.29) is 17.9 Å². The first-order valence-electron chi connectivity index (χ1n) is 5.06. The summed E-state index contributed by atoms with van der Waals surface area (Å²) < 4.78 is 1.80. The summed E-state index contributed by atoms with van der Waals surface area (Å²) >= 11 is 0. The molecule has 2 amide bonds. The number of nitrogens with zero attached hydrogens (tertiary/aromatic N) is 2. The molecule has 2 heterocycles. The average Bonchev–Trinajstić information content (AvgIpc) is 2.25. The zero-order valence-electron chi connectivity index (χ0n) is 8.93. The van der Waals surface area contributed by atoms with Gasteiger partial charge >= 0.3 is 0 Å². The highest BCUT2D eigenvalue weighted by Crippen LogP contribution is 2.09. The Bertz CT molecular complexity index is 415. The van der Waals surface area contributed by atoms with Crippen LogP contribution in [0.3, 0.4) is 0 Å². The van der Waals surface area contributed by atoms with E-state index in [1.54, 1.807) is 17.0 Å². The molecule has 16 heavy (non-hydrogen) atoms. The fourth-order valence-corrected chi connectivity index (χ4v) is 1.52. The van der Waals surface area contributed by atoms with E-state index in [1.165, 1.54) is 0 Å². The van der Waals surface area contributed by atoms with E-state index < -0.39 is 0 Å². The number of carbonyl (C=O) groups is 2. The highest BCUT2D eigenvalue weighted by molar-refractivity contribution is 6.01. The minimum absolute atomic E-state index is 0.213. The van der Waals surface area contributed by atoms with Crippen LogP contribution in [0.4, 0.5) is 5.82 Å². The first kappa shape index (κ1) is 10.5. The van der Waals surface area contributed by atoms with Crippen LogP contribution in [0, 0.1) is 0 Å². The van der Waals surface area contributed by atoms with Crippen molar-refractivity contribution in [2.75, 3.05) is 5.32 Å². The van der Waals surface area contributed by atoms with Crippen LogP contribution in [0.5, 0.6) is 0 Å². The Morgan fingerprint density at radius 3 is 3.00 bits per heavy atom. The van der Waals surface area contributed by atoms with Crippen molar-refractivity contribution in [3.63, 3.8) is 0 Å². The largest absolute Gasteiger partial charge is 0.337 e. The van der Waals surface area contributed by atoms with Gasteiger partial charge in [-0.05, 0) is 11.4 Å². The van der Waals surface area contributed by atoms with Crippen molar-refractivity contribution in [3.05, 3.63) is 18.6 Å². The van der Waals surface area contributed by atoms with Gasteiger partial charge in [0.15, 0.2) is 0 Å². The van der Waals surface area contributed by atoms with Crippen LogP contribution < -0.4 is 15.2 Å². The summed E-state index contributed by atoms with van der Waals surface area (Å²) in [5.41, 5.74) is 0. The highest BCUT2D eigenvalue weighted by atomic mass is 16.2. The summed E-state index contributed by atoms with van der Waals surface area (Å²) in [6.45, 7) is 0. The third-order valence-electron chi connectivity index (χ3n) is 2.41. The summed E-state index contributed by atoms with van der Waals surface area (Å²) in [6.07, 6.45) is 4.35. The van der Waals surface area contributed by atoms with Gasteiger partial charge in [-0.2, -0.15) is 0 Å². The van der Waals surface area contributed by atoms with Gasteiger partial charge in [0.25, 0.3) is 6.33 Å². The van der Waals surface area contributed by atoms with Crippen LogP contribution in [0.25, 0.3) is 0 Å². The minimum atomic E-state index is -0.377. The van der Waals surface area contributed by atoms with Gasteiger partial charge in [-0.25, -0.2) is 4.57 Å². The number of aromatic nitrogens is 2. The summed E-state index contributed by atoms with van der Waals surface area (Å²) in [5.74, 6) is 0.134. The van der Waals surface area contributed by atoms with E-state index in [0.29, 0.717) is 18.7 Å². The van der Waals surface area contributed by atoms with Crippen LogP contribution in [-0.2, 0) is 16.6 Å². The van der Waals surface area contributed by atoms with E-state index in [4.69, 9.17) is 0 Å². The number of hydrogen-bond donors (Lipinski definition) is 2. The monoisotopic (exact) mass is 221 g/mol. The predicted molar refractivity (Wildman–Crippen MR) is 55.2 cm³/mol. The molecule has 84 valence electrons. The lowest BCUT2D eigenvalue weighted by Gasteiger charge is -2.20. The van der Waals surface area contributed by atoms with Crippen LogP contribution in [0.15, 0.2) is 18.6 Å². The molecule has 1 unspecified atom stereocenters. The van der Waals surface area contributed by atoms with Crippen LogP contribution in [0.2, 0.25) is 0 Å². The van der Waals surface area contributed by atoms with E-state index in [9.17, 15) is 9.59 Å². The third kappa shape index (κ3) is 2.33. The minimum Gasteiger partial charge on any atom is -0.337 e. The Morgan fingerprint density at radius 2 is 2.38 bits per heavy atom. The molecular formula is C10H13N4O2+. The van der Waals surface area contributed by atoms with E-state index in [1.807, 2.05) is 13.2 Å². The fourth-order valence-electron chi connectivity index (χ4n) is 1.52. The average molecular weight is 221 g/mol. The molecule has 1 aliphatic rings. The second kappa shape index (κ2) is 4.26. The summed E-state index contributed by atoms with van der Waals surface area (Å²) in [5, 5.41) is 5.28. The number of nitrogens with one attached hydrogen (secondary N) is 2. The first-order valence-corrected chi connectivity index (χ1v) is 5.06. The van der Waals surface area contributed by atoms with Gasteiger partial charge in [0.1, 0.15) is 6.04 Å². The number of carbonyl (C=O) groups excluding carboxylic acids is 2. The summed E-state index contributed by atoms with van der Waals surface area (Å²) in [4.78, 5) is 26.5. The Balaban J connectivity index is 2.02. The number of amides is 2. The van der Waals surface area contributed by atoms with Gasteiger partial charge in [0, 0.05) is 12.5 Å². The molecule has 0 aliphatic carbocycles. The molecule has 1 aliphatic heterocycles. The van der Waals surface area contributed by atoms with E-state index in [2.05, 4.69) is 15.6 Å². The molecule has 1 aromatic heterocycles. The lowest BCUT2D eigenvalue weighted by Crippen LogP contribution is -2.47. The first-order chi connectivity index (χ1) is 7.65. The van der Waals surface area contributed by atoms with Gasteiger partial charge in [0.05, 0.1) is 13.2 Å². The Labute approximate surface area is 92.7 Å². The molecular weight excluding hydrogens is 208 g/mol. The zero-order chi connectivity index (χ0) is 11.5. The maximum atomic E-state index is 11.4. The van der Waals surface area contributed by atoms with Crippen molar-refractivity contribution < 1.29 is 14.2 Å². The fraction of sp³-hybridized carbons (Fsp3) is 0.400. The van der Waals surface area contributed by atoms with Crippen LogP contribution in [0.1, 0.15) is 12.8 Å². The molecule has 0 bridgehead atoms. The van der Waals surface area contributed by atoms with Gasteiger partial charge in [-0.1, -0.05) is 0 Å². The smallest absolute Gasteiger partial charge is 0.288 e. The normalized spacial score (nSPS) is 20.4. The molecule has 0 radical (unpaired) electrons. The number of aryl methyl sites for hydroxylation is 1. The molecule has 0 saturated carbocycles. The molecule has 0 spiro atoms. The Morgan fingerprint density at radius 1 is 1.56 bits per heavy atom. The number of imide groups is 1. The van der Waals surface area contributed by atoms with Gasteiger partial charge < -0.3 is 5.32 Å². The van der Waals surface area contributed by atoms with Crippen molar-refractivity contribution in [3.8, 4) is 0 Å². The standard InChI is InChI=1S/C10H12N4O2/c1-14-5-4-8(11-6-14)12-7-2-3-9(15)13-10(7)16/h4-7H,2-3H2,1H3,(H,13,15,16)/p+1. The number of hydrogen-bond acceptors (Lipinski definition) is 4. The SMILES string of the molecule is C[n+]1ccc(NC2CCC(=O)NC2=O)nc1. The van der Waals surface area contributed by atoms with Crippen molar-refractivity contribution in [1.82, 2.24) is 10.3 Å². The quantitative estimate of drug-likeness (QED) is 0.502. The topological polar surface area (TPSA) is 75.0 Å². The Kier molecular flexibility index (Phi) is 2.80. The van der Waals surface area contributed by atoms with Crippen molar-refractivity contribution >= 4 is 17.6 Å². The molecule has 1 atom stereocenters. The third-order valence-corrected chi connectivity index (χ3v) is 2.41. The maximum Gasteiger partial charge on any atom is 0.288 e. The van der Waals surface area contributed by atoms with Gasteiger partial charge in [0.2, 0.25) is 17.6 Å². The molecule has 1 saturated heterocycles. The number of rotatable bonds is 2. The second-order valence-electron chi connectivity index (χ2n) is 3.76. The molecule has 2 rings (SSSR count). The van der Waals surface area contributed by atoms with Gasteiger partial charge in [-0.3, -0.25) is 14.9 Å². The second-order valence-corrected chi connectivity index (χ2v) is 3.76. The number of piperidine rings is 1. The molecule has 1 aromatic rings. The molecule has 6 heteroatoms. The highest BCUT2D eigenvalue weighted by Gasteiger charge is 2.27. The lowest BCUT2D eigenvalue weighted by molar-refractivity contribution is -0.674. The summed E-state index contributed by atoms with van der Waals surface area (Å²) in [6, 6.07) is 1.40. The van der Waals surface area contributed by atoms with Crippen LogP contribution >= 0.6 is 0 Å². The summed E-state index contributed by atoms with van der Waals surface area (Å²) in [7, 11) is 1.86. The van der Waals surface area contributed by atoms with Crippen molar-refractivity contribution in [1.29, 1.82) is 0 Å². The molecule has 1 fully saturated rings. The number of anilines is 1. The van der Waals surface area contributed by atoms with Crippen molar-refractivity contribution in [2.45, 2.75) is 18.9 Å². The van der Waals surface area contributed by atoms with E-state index >= 15 is 0 Å². The Hall–Kier alpha value is -1.98. The van der Waals surface area contributed by atoms with Crippen LogP contribution in [-0.4, -0.2) is 22.8 Å². The molecule has 0 aromatic carbocycles. The molecule has 2 N–H and O–H groups in total. The maximum absolute atomic E-state index is 11.4. The lowest BCUT2D eigenvalue weighted by atomic mass is 10.1. The van der Waals surface area contributed by atoms with Crippen molar-refractivity contribution in [2.24, 2.45) is 7.05 Å². The van der Waals surface area contributed by atoms with E-state index in [0.717, 1.165) is 0 Å². The van der Waals surface area contributed by atoms with Gasteiger partial charge in [-0.15, -0.1) is 0 Å². The molecule has 6 nitrogen and oxygen atoms in total. The predicted octanol–water partition coefficient (Wildman–Crippen LogP) is -0.877. The zero-order valence-corrected chi connectivity index (χ0v) is 8.93.